The van der Waals surface area contributed by atoms with Crippen LogP contribution in [0.15, 0.2) is 35.2 Å². The van der Waals surface area contributed by atoms with Crippen molar-refractivity contribution in [2.24, 2.45) is 5.73 Å². The highest BCUT2D eigenvalue weighted by Crippen LogP contribution is 2.46. The maximum atomic E-state index is 12.3. The number of nitrogens with zero attached hydrogens (tertiary/aromatic N) is 1. The van der Waals surface area contributed by atoms with Crippen molar-refractivity contribution in [2.75, 3.05) is 14.2 Å². The molecule has 1 atom stereocenters. The fourth-order valence-electron chi connectivity index (χ4n) is 2.85. The van der Waals surface area contributed by atoms with Gasteiger partial charge in [0.05, 0.1) is 31.3 Å². The smallest absolute Gasteiger partial charge is 0.338 e. The molecular formula is C15H14N2O5S. The van der Waals surface area contributed by atoms with Crippen molar-refractivity contribution in [2.45, 2.75) is 12.3 Å². The molecule has 0 bridgehead atoms. The number of nitrogens with two attached hydrogens (primary N) is 1. The zero-order chi connectivity index (χ0) is 16.7. The van der Waals surface area contributed by atoms with Crippen LogP contribution in [0.4, 0.5) is 0 Å². The largest absolute Gasteiger partial charge is 0.469 e. The average molecular weight is 334 g/mol. The van der Waals surface area contributed by atoms with Crippen LogP contribution in [-0.4, -0.2) is 35.8 Å². The van der Waals surface area contributed by atoms with E-state index in [9.17, 15) is 9.59 Å². The van der Waals surface area contributed by atoms with Crippen LogP contribution in [0.2, 0.25) is 0 Å². The molecule has 0 aliphatic carbocycles. The van der Waals surface area contributed by atoms with Gasteiger partial charge in [-0.1, -0.05) is 0 Å². The second-order valence-electron chi connectivity index (χ2n) is 5.01. The lowest BCUT2D eigenvalue weighted by atomic mass is 9.86. The van der Waals surface area contributed by atoms with Gasteiger partial charge < -0.3 is 24.5 Å². The monoisotopic (exact) mass is 334 g/mol. The number of carbonyl (C=O) groups is 2. The second-order valence-corrected chi connectivity index (χ2v) is 5.38. The van der Waals surface area contributed by atoms with Crippen LogP contribution in [0.25, 0.3) is 5.82 Å². The molecule has 23 heavy (non-hydrogen) atoms. The van der Waals surface area contributed by atoms with Gasteiger partial charge in [0.1, 0.15) is 18.0 Å². The third kappa shape index (κ3) is 2.22. The Kier molecular flexibility index (Phi) is 3.69. The average Bonchev–Trinajstić information content (AvgIpc) is 3.10. The third-order valence-corrected chi connectivity index (χ3v) is 4.17. The van der Waals surface area contributed by atoms with E-state index in [1.165, 1.54) is 14.2 Å². The van der Waals surface area contributed by atoms with Gasteiger partial charge in [-0.25, -0.2) is 4.79 Å². The molecule has 0 aromatic carbocycles. The maximum absolute atomic E-state index is 12.3. The first kappa shape index (κ1) is 15.3. The summed E-state index contributed by atoms with van der Waals surface area (Å²) in [4.78, 5) is 23.9. The van der Waals surface area contributed by atoms with Crippen LogP contribution in [-0.2, 0) is 23.8 Å². The van der Waals surface area contributed by atoms with E-state index in [0.717, 1.165) is 5.69 Å². The molecule has 0 radical (unpaired) electrons. The van der Waals surface area contributed by atoms with Gasteiger partial charge in [-0.05, 0) is 24.4 Å². The number of ether oxygens (including phenoxy) is 3. The first-order valence-corrected chi connectivity index (χ1v) is 7.18. The lowest BCUT2D eigenvalue weighted by Gasteiger charge is -2.26. The Balaban J connectivity index is 2.20. The quantitative estimate of drug-likeness (QED) is 0.652. The van der Waals surface area contributed by atoms with Crippen molar-refractivity contribution >= 4 is 35.0 Å². The van der Waals surface area contributed by atoms with Crippen molar-refractivity contribution in [1.82, 2.24) is 4.57 Å². The van der Waals surface area contributed by atoms with Crippen molar-refractivity contribution in [1.29, 1.82) is 0 Å². The molecule has 120 valence electrons. The Bertz CT molecular complexity index is 790. The fourth-order valence-corrected chi connectivity index (χ4v) is 3.17. The number of methoxy groups -OCH3 is 2. The molecular weight excluding hydrogens is 320 g/mol. The first-order valence-electron chi connectivity index (χ1n) is 6.77. The van der Waals surface area contributed by atoms with E-state index in [-0.39, 0.29) is 22.8 Å². The predicted octanol–water partition coefficient (Wildman–Crippen LogP) is 1.06. The van der Waals surface area contributed by atoms with E-state index < -0.39 is 17.9 Å². The Hall–Kier alpha value is -2.61. The minimum atomic E-state index is -0.601. The molecule has 0 saturated heterocycles. The summed E-state index contributed by atoms with van der Waals surface area (Å²) in [6.45, 7) is 0. The van der Waals surface area contributed by atoms with E-state index in [1.807, 2.05) is 12.1 Å². The summed E-state index contributed by atoms with van der Waals surface area (Å²) in [5, 5.41) is 0.141. The molecule has 2 aliphatic heterocycles. The number of carbonyl (C=O) groups excluding carboxylic acids is 2. The normalized spacial score (nSPS) is 19.2. The maximum Gasteiger partial charge on any atom is 0.338 e. The molecule has 0 amide bonds. The van der Waals surface area contributed by atoms with E-state index in [4.69, 9.17) is 27.4 Å². The van der Waals surface area contributed by atoms with Crippen molar-refractivity contribution in [3.05, 3.63) is 40.9 Å². The molecule has 1 aromatic heterocycles. The summed E-state index contributed by atoms with van der Waals surface area (Å²) >= 11 is 5.26. The van der Waals surface area contributed by atoms with E-state index in [2.05, 4.69) is 4.74 Å². The van der Waals surface area contributed by atoms with Crippen LogP contribution in [0, 0.1) is 0 Å². The Morgan fingerprint density at radius 1 is 1.39 bits per heavy atom. The van der Waals surface area contributed by atoms with Gasteiger partial charge in [0, 0.05) is 11.9 Å². The van der Waals surface area contributed by atoms with E-state index in [0.29, 0.717) is 11.4 Å². The van der Waals surface area contributed by atoms with Crippen LogP contribution in [0.3, 0.4) is 0 Å². The molecule has 0 saturated carbocycles. The van der Waals surface area contributed by atoms with Gasteiger partial charge in [-0.15, -0.1) is 0 Å². The van der Waals surface area contributed by atoms with E-state index in [1.54, 1.807) is 10.8 Å². The Morgan fingerprint density at radius 3 is 2.78 bits per heavy atom. The first-order chi connectivity index (χ1) is 11.0. The number of esters is 2. The van der Waals surface area contributed by atoms with Crippen LogP contribution in [0.1, 0.15) is 18.0 Å². The predicted molar refractivity (Wildman–Crippen MR) is 83.9 cm³/mol. The van der Waals surface area contributed by atoms with Crippen LogP contribution in [0.5, 0.6) is 0 Å². The minimum absolute atomic E-state index is 0.130. The lowest BCUT2D eigenvalue weighted by molar-refractivity contribution is -0.140. The van der Waals surface area contributed by atoms with Crippen molar-refractivity contribution < 1.29 is 23.8 Å². The number of aromatic nitrogens is 1. The molecule has 3 rings (SSSR count). The zero-order valence-corrected chi connectivity index (χ0v) is 13.3. The van der Waals surface area contributed by atoms with Gasteiger partial charge in [-0.2, -0.15) is 0 Å². The lowest BCUT2D eigenvalue weighted by Crippen LogP contribution is -2.27. The SMILES string of the molecule is COC(=O)CC1=C(C(=O)OC)C2C(=C(N)n3cccc32)C(=S)O1. The molecule has 2 aliphatic rings. The molecule has 0 fully saturated rings. The van der Waals surface area contributed by atoms with E-state index >= 15 is 0 Å². The van der Waals surface area contributed by atoms with Gasteiger partial charge in [-0.3, -0.25) is 4.79 Å². The number of rotatable bonds is 3. The van der Waals surface area contributed by atoms with Crippen LogP contribution >= 0.6 is 12.2 Å². The van der Waals surface area contributed by atoms with Crippen molar-refractivity contribution in [3.8, 4) is 0 Å². The molecule has 7 nitrogen and oxygen atoms in total. The highest BCUT2D eigenvalue weighted by molar-refractivity contribution is 7.80. The topological polar surface area (TPSA) is 92.8 Å². The van der Waals surface area contributed by atoms with Gasteiger partial charge >= 0.3 is 11.9 Å². The molecule has 3 heterocycles. The fraction of sp³-hybridized carbons (Fsp3) is 0.267. The Labute approximate surface area is 137 Å². The molecule has 8 heteroatoms. The van der Waals surface area contributed by atoms with Gasteiger partial charge in [0.2, 0.25) is 0 Å². The second kappa shape index (κ2) is 5.54. The Morgan fingerprint density at radius 2 is 2.13 bits per heavy atom. The third-order valence-electron chi connectivity index (χ3n) is 3.86. The van der Waals surface area contributed by atoms with Crippen LogP contribution < -0.4 is 5.73 Å². The molecule has 2 N–H and O–H groups in total. The summed E-state index contributed by atoms with van der Waals surface area (Å²) in [7, 11) is 2.52. The highest BCUT2D eigenvalue weighted by atomic mass is 32.1. The summed E-state index contributed by atoms with van der Waals surface area (Å²) in [5.41, 5.74) is 7.63. The number of hydrogen-bond acceptors (Lipinski definition) is 7. The van der Waals surface area contributed by atoms with Crippen molar-refractivity contribution in [3.63, 3.8) is 0 Å². The summed E-state index contributed by atoms with van der Waals surface area (Å²) in [6.07, 6.45) is 1.55. The van der Waals surface area contributed by atoms with Gasteiger partial charge in [0.25, 0.3) is 0 Å². The summed E-state index contributed by atoms with van der Waals surface area (Å²) < 4.78 is 16.8. The number of hydrogen-bond donors (Lipinski definition) is 1. The summed E-state index contributed by atoms with van der Waals surface area (Å²) in [6, 6.07) is 3.64. The molecule has 1 unspecified atom stereocenters. The molecule has 1 aromatic rings. The standard InChI is InChI=1S/C15H14N2O5S/c1-20-9(18)6-8-11(14(19)21-2)10-7-4-3-5-17(7)13(16)12(10)15(23)22-8/h3-5,10H,6,16H2,1-2H3. The number of fused-ring (bicyclic) bond motifs is 3. The number of thiocarbonyl (C=S) groups is 1. The highest BCUT2D eigenvalue weighted by Gasteiger charge is 2.44. The van der Waals surface area contributed by atoms with Gasteiger partial charge in [0.15, 0.2) is 5.05 Å². The minimum Gasteiger partial charge on any atom is -0.469 e. The summed E-state index contributed by atoms with van der Waals surface area (Å²) in [5.74, 6) is -1.13. The molecule has 0 spiro atoms. The zero-order valence-electron chi connectivity index (χ0n) is 12.5.